The van der Waals surface area contributed by atoms with Crippen LogP contribution in [0.15, 0.2) is 54.7 Å². The highest BCUT2D eigenvalue weighted by atomic mass is 16.4. The Balaban J connectivity index is 1.64. The smallest absolute Gasteiger partial charge is 0.328 e. The summed E-state index contributed by atoms with van der Waals surface area (Å²) in [7, 11) is 0. The van der Waals surface area contributed by atoms with E-state index in [0.29, 0.717) is 41.3 Å². The van der Waals surface area contributed by atoms with E-state index in [4.69, 9.17) is 11.5 Å². The lowest BCUT2D eigenvalue weighted by molar-refractivity contribution is -0.145. The lowest BCUT2D eigenvalue weighted by Crippen LogP contribution is -2.60. The van der Waals surface area contributed by atoms with E-state index in [0.717, 1.165) is 6.92 Å². The van der Waals surface area contributed by atoms with Gasteiger partial charge in [-0.25, -0.2) is 4.79 Å². The van der Waals surface area contributed by atoms with Crippen LogP contribution in [0.2, 0.25) is 0 Å². The van der Waals surface area contributed by atoms with Crippen molar-refractivity contribution in [3.63, 3.8) is 0 Å². The maximum atomic E-state index is 13.6. The van der Waals surface area contributed by atoms with Crippen LogP contribution in [0.25, 0.3) is 10.9 Å². The van der Waals surface area contributed by atoms with Gasteiger partial charge < -0.3 is 89.8 Å². The van der Waals surface area contributed by atoms with Crippen LogP contribution in [0, 0.1) is 5.92 Å². The molecule has 0 saturated carbocycles. The summed E-state index contributed by atoms with van der Waals surface area (Å²) >= 11 is 0. The number of amides is 9. The minimum absolute atomic E-state index is 0.0180. The van der Waals surface area contributed by atoms with Crippen LogP contribution in [0.5, 0.6) is 5.75 Å². The first-order chi connectivity index (χ1) is 36.8. The zero-order valence-corrected chi connectivity index (χ0v) is 44.5. The number of aromatic nitrogens is 1. The number of unbranched alkanes of at least 4 members (excludes halogenated alkanes) is 1. The number of hydrogen-bond donors (Lipinski definition) is 17. The van der Waals surface area contributed by atoms with Gasteiger partial charge in [0, 0.05) is 29.9 Å². The van der Waals surface area contributed by atoms with Gasteiger partial charge in [-0.1, -0.05) is 50.6 Å². The van der Waals surface area contributed by atoms with Gasteiger partial charge in [-0.3, -0.25) is 43.2 Å². The fourth-order valence-electron chi connectivity index (χ4n) is 7.73. The quantitative estimate of drug-likeness (QED) is 0.0265. The van der Waals surface area contributed by atoms with E-state index in [-0.39, 0.29) is 37.5 Å². The number of phenols is 1. The van der Waals surface area contributed by atoms with Gasteiger partial charge in [0.25, 0.3) is 0 Å². The summed E-state index contributed by atoms with van der Waals surface area (Å²) < 4.78 is 0. The van der Waals surface area contributed by atoms with Crippen LogP contribution in [0.4, 0.5) is 0 Å². The summed E-state index contributed by atoms with van der Waals surface area (Å²) in [6.45, 7) is 6.98. The Morgan fingerprint density at radius 2 is 1.14 bits per heavy atom. The average Bonchev–Trinajstić information content (AvgIpc) is 3.83. The monoisotopic (exact) mass is 1100 g/mol. The Morgan fingerprint density at radius 1 is 0.603 bits per heavy atom. The van der Waals surface area contributed by atoms with Crippen molar-refractivity contribution in [2.24, 2.45) is 17.4 Å². The highest BCUT2D eigenvalue weighted by Gasteiger charge is 2.35. The number of nitrogens with two attached hydrogens (primary N) is 2. The highest BCUT2D eigenvalue weighted by Crippen LogP contribution is 2.20. The molecule has 27 nitrogen and oxygen atoms in total. The lowest BCUT2D eigenvalue weighted by Gasteiger charge is -2.26. The molecular weight excluding hydrogens is 1020 g/mol. The summed E-state index contributed by atoms with van der Waals surface area (Å²) in [5.74, 6) is -10.0. The normalized spacial score (nSPS) is 15.8. The Kier molecular flexibility index (Phi) is 26.1. The third kappa shape index (κ3) is 20.0. The standard InChI is InChI=1S/C51H76N12O15/c1-7-25(2)40(53)49(75)59-36(20-30-15-17-32(67)18-16-30)46(72)61-38(24-64)48(74)57-27(4)44(70)58-35(14-10-11-19-52)45(71)56-26(3)43(69)55-23-39(68)62-41(28(5)65)50(76)60-37(47(73)63-42(29(6)66)51(77)78)21-31-22-54-34-13-9-8-12-33(31)34/h8-9,12-13,15-18,22,25-29,35-38,40-42,54,64-67H,7,10-11,14,19-21,23-24,52-53H2,1-6H3,(H,55,69)(H,56,71)(H,57,74)(H,58,70)(H,59,75)(H,60,76)(H,61,72)(H,62,68)(H,63,73)(H,77,78)/t25-,26-,27-,28+,29+,35-,36-,37-,38-,40-,41-,42-/m0/s1. The summed E-state index contributed by atoms with van der Waals surface area (Å²) in [6.07, 6.45) is -0.466. The van der Waals surface area contributed by atoms with Crippen molar-refractivity contribution in [2.75, 3.05) is 19.7 Å². The molecule has 3 aromatic rings. The van der Waals surface area contributed by atoms with Gasteiger partial charge in [-0.15, -0.1) is 0 Å². The van der Waals surface area contributed by atoms with Crippen molar-refractivity contribution in [3.8, 4) is 5.75 Å². The van der Waals surface area contributed by atoms with Crippen molar-refractivity contribution in [3.05, 3.63) is 65.9 Å². The van der Waals surface area contributed by atoms with E-state index < -0.39 is 139 Å². The minimum atomic E-state index is -1.75. The minimum Gasteiger partial charge on any atom is -0.508 e. The predicted octanol–water partition coefficient (Wildman–Crippen LogP) is -3.97. The summed E-state index contributed by atoms with van der Waals surface area (Å²) in [6, 6.07) is -0.0286. The molecule has 1 heterocycles. The van der Waals surface area contributed by atoms with Gasteiger partial charge in [0.05, 0.1) is 31.4 Å². The number of aliphatic hydroxyl groups excluding tert-OH is 3. The van der Waals surface area contributed by atoms with Gasteiger partial charge >= 0.3 is 5.97 Å². The molecule has 1 aromatic heterocycles. The number of phenolic OH excluding ortho intramolecular Hbond substituents is 1. The van der Waals surface area contributed by atoms with E-state index in [1.165, 1.54) is 45.0 Å². The molecular formula is C51H76N12O15. The Hall–Kier alpha value is -7.72. The summed E-state index contributed by atoms with van der Waals surface area (Å²) in [4.78, 5) is 135. The maximum absolute atomic E-state index is 13.6. The number of carbonyl (C=O) groups is 10. The number of nitrogens with one attached hydrogen (secondary N) is 10. The molecule has 78 heavy (non-hydrogen) atoms. The maximum Gasteiger partial charge on any atom is 0.328 e. The van der Waals surface area contributed by atoms with Crippen LogP contribution in [0.3, 0.4) is 0 Å². The Labute approximate surface area is 450 Å². The van der Waals surface area contributed by atoms with Gasteiger partial charge in [0.1, 0.15) is 48.0 Å². The first-order valence-corrected chi connectivity index (χ1v) is 25.5. The first-order valence-electron chi connectivity index (χ1n) is 25.5. The van der Waals surface area contributed by atoms with Crippen molar-refractivity contribution >= 4 is 70.0 Å². The second-order valence-corrected chi connectivity index (χ2v) is 19.1. The number of aliphatic carboxylic acids is 1. The van der Waals surface area contributed by atoms with E-state index >= 15 is 0 Å². The second kappa shape index (κ2) is 31.5. The topological polar surface area (TPSA) is 448 Å². The van der Waals surface area contributed by atoms with Gasteiger partial charge in [-0.2, -0.15) is 0 Å². The molecule has 0 fully saturated rings. The molecule has 0 radical (unpaired) electrons. The second-order valence-electron chi connectivity index (χ2n) is 19.1. The van der Waals surface area contributed by atoms with Gasteiger partial charge in [-0.05, 0) is 88.7 Å². The number of aliphatic hydroxyl groups is 3. The van der Waals surface area contributed by atoms with Crippen LogP contribution >= 0.6 is 0 Å². The first kappa shape index (κ1) is 64.6. The number of aromatic amines is 1. The number of H-pyrrole nitrogens is 1. The molecule has 27 heteroatoms. The number of para-hydroxylation sites is 1. The number of fused-ring (bicyclic) bond motifs is 1. The molecule has 3 rings (SSSR count). The highest BCUT2D eigenvalue weighted by molar-refractivity contribution is 5.98. The third-order valence-electron chi connectivity index (χ3n) is 12.8. The zero-order chi connectivity index (χ0) is 58.4. The number of carboxylic acid groups (broad SMARTS) is 1. The molecule has 12 atom stereocenters. The predicted molar refractivity (Wildman–Crippen MR) is 282 cm³/mol. The molecule has 0 bridgehead atoms. The third-order valence-corrected chi connectivity index (χ3v) is 12.8. The zero-order valence-electron chi connectivity index (χ0n) is 44.5. The number of carboxylic acids is 1. The number of rotatable bonds is 32. The number of carbonyl (C=O) groups excluding carboxylic acids is 9. The van der Waals surface area contributed by atoms with Crippen LogP contribution < -0.4 is 59.3 Å². The molecule has 2 aromatic carbocycles. The molecule has 0 aliphatic heterocycles. The van der Waals surface area contributed by atoms with Gasteiger partial charge in [0.2, 0.25) is 53.2 Å². The Morgan fingerprint density at radius 3 is 1.73 bits per heavy atom. The Bertz CT molecular complexity index is 2540. The summed E-state index contributed by atoms with van der Waals surface area (Å²) in [5.41, 5.74) is 13.5. The average molecular weight is 1100 g/mol. The molecule has 0 aliphatic carbocycles. The van der Waals surface area contributed by atoms with Gasteiger partial charge in [0.15, 0.2) is 6.04 Å². The number of benzene rings is 2. The molecule has 430 valence electrons. The van der Waals surface area contributed by atoms with Crippen LogP contribution in [0.1, 0.15) is 78.4 Å². The molecule has 19 N–H and O–H groups in total. The van der Waals surface area contributed by atoms with E-state index in [1.54, 1.807) is 37.4 Å². The van der Waals surface area contributed by atoms with E-state index in [2.05, 4.69) is 52.8 Å². The van der Waals surface area contributed by atoms with Crippen molar-refractivity contribution in [2.45, 2.75) is 147 Å². The lowest BCUT2D eigenvalue weighted by atomic mass is 9.98. The molecule has 0 aliphatic rings. The number of hydrogen-bond acceptors (Lipinski definition) is 16. The van der Waals surface area contributed by atoms with Crippen LogP contribution in [-0.4, -0.2) is 176 Å². The largest absolute Gasteiger partial charge is 0.508 e. The molecule has 0 spiro atoms. The molecule has 0 saturated heterocycles. The van der Waals surface area contributed by atoms with Crippen molar-refractivity contribution in [1.82, 2.24) is 52.8 Å². The fraction of sp³-hybridized carbons (Fsp3) is 0.529. The molecule has 0 unspecified atom stereocenters. The summed E-state index contributed by atoms with van der Waals surface area (Å²) in [5, 5.41) is 72.2. The van der Waals surface area contributed by atoms with Crippen molar-refractivity contribution < 1.29 is 73.5 Å². The van der Waals surface area contributed by atoms with Crippen molar-refractivity contribution in [1.29, 1.82) is 0 Å². The van der Waals surface area contributed by atoms with E-state index in [1.807, 2.05) is 6.92 Å². The fourth-order valence-corrected chi connectivity index (χ4v) is 7.73. The van der Waals surface area contributed by atoms with E-state index in [9.17, 15) is 73.5 Å². The SMILES string of the molecule is CC[C@H](C)[C@H](N)C(=O)N[C@@H](Cc1ccc(O)cc1)C(=O)N[C@@H](CO)C(=O)N[C@@H](C)C(=O)N[C@@H](CCCCN)C(=O)N[C@@H](C)C(=O)NCC(=O)N[C@H](C(=O)N[C@@H](Cc1c[nH]c2ccccc12)C(=O)N[C@H](C(=O)O)[C@@H](C)O)[C@@H](C)O. The molecule has 9 amide bonds. The van der Waals surface area contributed by atoms with Crippen LogP contribution in [-0.2, 0) is 60.8 Å². The number of aromatic hydroxyl groups is 1.